The van der Waals surface area contributed by atoms with Gasteiger partial charge >= 0.3 is 0 Å². The summed E-state index contributed by atoms with van der Waals surface area (Å²) in [6, 6.07) is 8.59. The Morgan fingerprint density at radius 2 is 1.90 bits per heavy atom. The van der Waals surface area contributed by atoms with Crippen LogP contribution in [0, 0.1) is 0 Å². The van der Waals surface area contributed by atoms with Gasteiger partial charge in [0.15, 0.2) is 0 Å². The van der Waals surface area contributed by atoms with Crippen LogP contribution in [0.5, 0.6) is 0 Å². The zero-order chi connectivity index (χ0) is 14.9. The Morgan fingerprint density at radius 1 is 1.25 bits per heavy atom. The predicted octanol–water partition coefficient (Wildman–Crippen LogP) is 4.64. The molecule has 3 nitrogen and oxygen atoms in total. The third-order valence-electron chi connectivity index (χ3n) is 2.64. The molecule has 1 aromatic carbocycles. The zero-order valence-corrected chi connectivity index (χ0v) is 15.0. The molecule has 0 aliphatic rings. The van der Waals surface area contributed by atoms with E-state index in [9.17, 15) is 8.42 Å². The third kappa shape index (κ3) is 3.37. The molecule has 0 bridgehead atoms. The highest BCUT2D eigenvalue weighted by Crippen LogP contribution is 2.36. The van der Waals surface area contributed by atoms with Crippen LogP contribution >= 0.6 is 50.5 Å². The minimum atomic E-state index is -3.58. The number of thiophene rings is 1. The molecule has 0 spiro atoms. The molecule has 1 aromatic heterocycles. The second-order valence-corrected chi connectivity index (χ2v) is 9.50. The SMILES string of the molecule is CN(Cc1ccccc1Cl)S(=O)(=O)c1cc(Cl)c(Br)s1. The molecule has 108 valence electrons. The summed E-state index contributed by atoms with van der Waals surface area (Å²) in [5.74, 6) is 0. The van der Waals surface area contributed by atoms with E-state index in [1.165, 1.54) is 17.4 Å². The Kier molecular flexibility index (Phi) is 5.15. The van der Waals surface area contributed by atoms with Crippen molar-refractivity contribution in [3.63, 3.8) is 0 Å². The maximum atomic E-state index is 12.4. The maximum absolute atomic E-state index is 12.4. The van der Waals surface area contributed by atoms with Crippen LogP contribution < -0.4 is 0 Å². The minimum Gasteiger partial charge on any atom is -0.206 e. The van der Waals surface area contributed by atoms with Crippen LogP contribution in [0.15, 0.2) is 38.3 Å². The van der Waals surface area contributed by atoms with Gasteiger partial charge in [0, 0.05) is 18.6 Å². The second kappa shape index (κ2) is 6.34. The molecule has 2 aromatic rings. The second-order valence-electron chi connectivity index (χ2n) is 4.04. The summed E-state index contributed by atoms with van der Waals surface area (Å²) in [5, 5.41) is 0.930. The van der Waals surface area contributed by atoms with E-state index in [-0.39, 0.29) is 10.8 Å². The Morgan fingerprint density at radius 3 is 2.45 bits per heavy atom. The number of benzene rings is 1. The van der Waals surface area contributed by atoms with Crippen molar-refractivity contribution in [1.29, 1.82) is 0 Å². The molecular weight excluding hydrogens is 405 g/mol. The first-order chi connectivity index (χ1) is 9.32. The fraction of sp³-hybridized carbons (Fsp3) is 0.167. The number of hydrogen-bond donors (Lipinski definition) is 0. The van der Waals surface area contributed by atoms with E-state index in [2.05, 4.69) is 15.9 Å². The molecule has 8 heteroatoms. The van der Waals surface area contributed by atoms with Crippen LogP contribution in [0.4, 0.5) is 0 Å². The van der Waals surface area contributed by atoms with Crippen molar-refractivity contribution in [2.45, 2.75) is 10.8 Å². The fourth-order valence-corrected chi connectivity index (χ4v) is 5.51. The van der Waals surface area contributed by atoms with Crippen molar-refractivity contribution >= 4 is 60.5 Å². The number of halogens is 3. The molecule has 0 amide bonds. The van der Waals surface area contributed by atoms with E-state index in [4.69, 9.17) is 23.2 Å². The molecule has 0 unspecified atom stereocenters. The third-order valence-corrected chi connectivity index (χ3v) is 7.73. The summed E-state index contributed by atoms with van der Waals surface area (Å²) in [5.41, 5.74) is 0.752. The van der Waals surface area contributed by atoms with Crippen molar-refractivity contribution in [2.24, 2.45) is 0 Å². The van der Waals surface area contributed by atoms with Gasteiger partial charge in [-0.15, -0.1) is 11.3 Å². The van der Waals surface area contributed by atoms with Gasteiger partial charge in [0.1, 0.15) is 4.21 Å². The lowest BCUT2D eigenvalue weighted by molar-refractivity contribution is 0.468. The van der Waals surface area contributed by atoms with Crippen molar-refractivity contribution in [1.82, 2.24) is 4.31 Å². The molecule has 0 N–H and O–H groups in total. The molecule has 20 heavy (non-hydrogen) atoms. The molecule has 2 rings (SSSR count). The maximum Gasteiger partial charge on any atom is 0.252 e. The Labute approximate surface area is 140 Å². The Balaban J connectivity index is 2.28. The van der Waals surface area contributed by atoms with Crippen LogP contribution in [0.25, 0.3) is 0 Å². The molecule has 0 saturated heterocycles. The van der Waals surface area contributed by atoms with E-state index in [0.29, 0.717) is 13.8 Å². The van der Waals surface area contributed by atoms with E-state index < -0.39 is 10.0 Å². The van der Waals surface area contributed by atoms with Crippen LogP contribution in [-0.4, -0.2) is 19.8 Å². The van der Waals surface area contributed by atoms with Gasteiger partial charge < -0.3 is 0 Å². The van der Waals surface area contributed by atoms with Crippen LogP contribution in [0.2, 0.25) is 10.0 Å². The molecular formula is C12H10BrCl2NO2S2. The minimum absolute atomic E-state index is 0.198. The Hall–Kier alpha value is -0.110. The average Bonchev–Trinajstić information content (AvgIpc) is 2.73. The summed E-state index contributed by atoms with van der Waals surface area (Å²) >= 11 is 16.2. The lowest BCUT2D eigenvalue weighted by atomic mass is 10.2. The summed E-state index contributed by atoms with van der Waals surface area (Å²) in [4.78, 5) is 0. The molecule has 0 atom stereocenters. The van der Waals surface area contributed by atoms with Crippen LogP contribution in [0.1, 0.15) is 5.56 Å². The normalized spacial score (nSPS) is 12.1. The lowest BCUT2D eigenvalue weighted by Crippen LogP contribution is -2.25. The van der Waals surface area contributed by atoms with Gasteiger partial charge in [-0.05, 0) is 33.6 Å². The van der Waals surface area contributed by atoms with E-state index in [0.717, 1.165) is 16.9 Å². The highest BCUT2D eigenvalue weighted by atomic mass is 79.9. The standard InChI is InChI=1S/C12H10BrCl2NO2S2/c1-16(7-8-4-2-3-5-9(8)14)20(17,18)11-6-10(15)12(13)19-11/h2-6H,7H2,1H3. The zero-order valence-electron chi connectivity index (χ0n) is 10.3. The van der Waals surface area contributed by atoms with Gasteiger partial charge in [-0.25, -0.2) is 8.42 Å². The largest absolute Gasteiger partial charge is 0.252 e. The molecule has 0 aliphatic carbocycles. The van der Waals surface area contributed by atoms with Gasteiger partial charge in [-0.2, -0.15) is 4.31 Å². The number of hydrogen-bond acceptors (Lipinski definition) is 3. The van der Waals surface area contributed by atoms with Crippen molar-refractivity contribution in [2.75, 3.05) is 7.05 Å². The highest BCUT2D eigenvalue weighted by molar-refractivity contribution is 9.11. The quantitative estimate of drug-likeness (QED) is 0.730. The van der Waals surface area contributed by atoms with Gasteiger partial charge in [0.2, 0.25) is 0 Å². The monoisotopic (exact) mass is 413 g/mol. The summed E-state index contributed by atoms with van der Waals surface area (Å²) < 4.78 is 26.9. The average molecular weight is 415 g/mol. The topological polar surface area (TPSA) is 37.4 Å². The summed E-state index contributed by atoms with van der Waals surface area (Å²) in [6.07, 6.45) is 0. The molecule has 1 heterocycles. The first-order valence-electron chi connectivity index (χ1n) is 5.47. The first-order valence-corrected chi connectivity index (χ1v) is 9.27. The summed E-state index contributed by atoms with van der Waals surface area (Å²) in [6.45, 7) is 0.204. The van der Waals surface area contributed by atoms with Gasteiger partial charge in [-0.3, -0.25) is 0 Å². The number of sulfonamides is 1. The predicted molar refractivity (Wildman–Crippen MR) is 87.1 cm³/mol. The number of nitrogens with zero attached hydrogens (tertiary/aromatic N) is 1. The van der Waals surface area contributed by atoms with Crippen LogP contribution in [-0.2, 0) is 16.6 Å². The molecule has 0 fully saturated rings. The van der Waals surface area contributed by atoms with Gasteiger partial charge in [0.25, 0.3) is 10.0 Å². The molecule has 0 saturated carbocycles. The Bertz CT molecular complexity index is 711. The van der Waals surface area contributed by atoms with Gasteiger partial charge in [0.05, 0.1) is 8.81 Å². The van der Waals surface area contributed by atoms with Crippen molar-refractivity contribution < 1.29 is 8.42 Å². The van der Waals surface area contributed by atoms with E-state index >= 15 is 0 Å². The highest BCUT2D eigenvalue weighted by Gasteiger charge is 2.24. The van der Waals surface area contributed by atoms with Crippen molar-refractivity contribution in [3.8, 4) is 0 Å². The lowest BCUT2D eigenvalue weighted by Gasteiger charge is -2.16. The molecule has 0 radical (unpaired) electrons. The summed E-state index contributed by atoms with van der Waals surface area (Å²) in [7, 11) is -2.06. The van der Waals surface area contributed by atoms with Crippen LogP contribution in [0.3, 0.4) is 0 Å². The molecule has 0 aliphatic heterocycles. The first kappa shape index (κ1) is 16.3. The fourth-order valence-electron chi connectivity index (χ4n) is 1.56. The number of rotatable bonds is 4. The van der Waals surface area contributed by atoms with E-state index in [1.54, 1.807) is 18.2 Å². The van der Waals surface area contributed by atoms with Gasteiger partial charge in [-0.1, -0.05) is 41.4 Å². The smallest absolute Gasteiger partial charge is 0.206 e. The van der Waals surface area contributed by atoms with E-state index in [1.807, 2.05) is 6.07 Å². The van der Waals surface area contributed by atoms with Crippen molar-refractivity contribution in [3.05, 3.63) is 49.7 Å².